The molecule has 0 aliphatic rings. The molecule has 0 unspecified atom stereocenters. The fourth-order valence-corrected chi connectivity index (χ4v) is 0.703. The van der Waals surface area contributed by atoms with E-state index in [-0.39, 0.29) is 0 Å². The zero-order valence-electron chi connectivity index (χ0n) is 6.39. The van der Waals surface area contributed by atoms with Crippen LogP contribution in [0.5, 0.6) is 0 Å². The first-order valence-corrected chi connectivity index (χ1v) is 3.40. The molecule has 0 radical (unpaired) electrons. The summed E-state index contributed by atoms with van der Waals surface area (Å²) in [5, 5.41) is 0. The fourth-order valence-electron chi connectivity index (χ4n) is 0.703. The van der Waals surface area contributed by atoms with Crippen LogP contribution in [0.15, 0.2) is 0 Å². The Kier molecular flexibility index (Phi) is 3.88. The minimum absolute atomic E-state index is 0.444. The molecule has 0 aromatic heterocycles. The van der Waals surface area contributed by atoms with Crippen LogP contribution in [0.4, 0.5) is 0 Å². The van der Waals surface area contributed by atoms with Crippen LogP contribution in [0.1, 0.15) is 26.7 Å². The van der Waals surface area contributed by atoms with E-state index < -0.39 is 17.6 Å². The lowest BCUT2D eigenvalue weighted by Gasteiger charge is -2.04. The third-order valence-corrected chi connectivity index (χ3v) is 1.28. The lowest BCUT2D eigenvalue weighted by Crippen LogP contribution is -2.34. The van der Waals surface area contributed by atoms with Gasteiger partial charge >= 0.3 is 0 Å². The minimum atomic E-state index is -0.581. The van der Waals surface area contributed by atoms with Crippen molar-refractivity contribution >= 4 is 11.6 Å². The molecule has 10 heavy (non-hydrogen) atoms. The van der Waals surface area contributed by atoms with E-state index in [9.17, 15) is 9.59 Å². The van der Waals surface area contributed by atoms with Gasteiger partial charge in [-0.3, -0.25) is 9.59 Å². The summed E-state index contributed by atoms with van der Waals surface area (Å²) in [4.78, 5) is 21.2. The molecule has 3 heteroatoms. The summed E-state index contributed by atoms with van der Waals surface area (Å²) >= 11 is 0. The highest BCUT2D eigenvalue weighted by Crippen LogP contribution is 1.94. The summed E-state index contributed by atoms with van der Waals surface area (Å²) in [5.41, 5.74) is 5.36. The molecule has 0 rings (SSSR count). The van der Waals surface area contributed by atoms with Gasteiger partial charge in [-0.1, -0.05) is 13.3 Å². The van der Waals surface area contributed by atoms with E-state index in [0.717, 1.165) is 6.42 Å². The van der Waals surface area contributed by atoms with Gasteiger partial charge in [0.2, 0.25) is 5.78 Å². The Bertz CT molecular complexity index is 143. The molecular weight excluding hydrogens is 130 g/mol. The molecule has 1 atom stereocenters. The Morgan fingerprint density at radius 3 is 2.30 bits per heavy atom. The Hall–Kier alpha value is -0.700. The van der Waals surface area contributed by atoms with Crippen molar-refractivity contribution in [2.45, 2.75) is 32.7 Å². The van der Waals surface area contributed by atoms with Gasteiger partial charge in [0.05, 0.1) is 6.04 Å². The highest BCUT2D eigenvalue weighted by molar-refractivity contribution is 6.38. The molecule has 3 nitrogen and oxygen atoms in total. The summed E-state index contributed by atoms with van der Waals surface area (Å²) in [6, 6.07) is -0.581. The summed E-state index contributed by atoms with van der Waals surface area (Å²) in [6.07, 6.45) is 1.43. The average molecular weight is 143 g/mol. The Morgan fingerprint density at radius 1 is 1.50 bits per heavy atom. The largest absolute Gasteiger partial charge is 0.321 e. The second-order valence-corrected chi connectivity index (χ2v) is 2.32. The van der Waals surface area contributed by atoms with E-state index in [4.69, 9.17) is 5.73 Å². The molecule has 2 N–H and O–H groups in total. The van der Waals surface area contributed by atoms with Gasteiger partial charge in [-0.25, -0.2) is 0 Å². The maximum absolute atomic E-state index is 10.8. The Balaban J connectivity index is 3.82. The van der Waals surface area contributed by atoms with Gasteiger partial charge in [0.25, 0.3) is 0 Å². The van der Waals surface area contributed by atoms with Crippen LogP contribution < -0.4 is 5.73 Å². The van der Waals surface area contributed by atoms with Gasteiger partial charge in [-0.15, -0.1) is 0 Å². The molecule has 0 aliphatic carbocycles. The van der Waals surface area contributed by atoms with Crippen LogP contribution >= 0.6 is 0 Å². The number of Topliss-reactive ketones (excluding diaryl/α,β-unsaturated/α-hetero) is 2. The summed E-state index contributed by atoms with van der Waals surface area (Å²) in [5.74, 6) is -0.900. The molecule has 0 fully saturated rings. The zero-order valence-corrected chi connectivity index (χ0v) is 6.39. The minimum Gasteiger partial charge on any atom is -0.321 e. The van der Waals surface area contributed by atoms with Crippen molar-refractivity contribution < 1.29 is 9.59 Å². The van der Waals surface area contributed by atoms with E-state index in [1.807, 2.05) is 6.92 Å². The number of hydrogen-bond donors (Lipinski definition) is 1. The molecular formula is C7H13NO2. The normalized spacial score (nSPS) is 12.7. The first-order chi connectivity index (χ1) is 4.59. The number of carbonyl (C=O) groups excluding carboxylic acids is 2. The average Bonchev–Trinajstić information content (AvgIpc) is 1.87. The summed E-state index contributed by atoms with van der Waals surface area (Å²) in [7, 11) is 0. The quantitative estimate of drug-likeness (QED) is 0.575. The van der Waals surface area contributed by atoms with Crippen LogP contribution in [0.3, 0.4) is 0 Å². The third kappa shape index (κ3) is 2.73. The predicted octanol–water partition coefficient (Wildman–Crippen LogP) is 0.272. The van der Waals surface area contributed by atoms with Crippen molar-refractivity contribution in [3.63, 3.8) is 0 Å². The highest BCUT2D eigenvalue weighted by Gasteiger charge is 2.15. The second kappa shape index (κ2) is 4.17. The van der Waals surface area contributed by atoms with Crippen molar-refractivity contribution in [1.29, 1.82) is 0 Å². The molecule has 0 heterocycles. The second-order valence-electron chi connectivity index (χ2n) is 2.32. The number of rotatable bonds is 4. The van der Waals surface area contributed by atoms with Crippen LogP contribution in [0.25, 0.3) is 0 Å². The maximum atomic E-state index is 10.8. The molecule has 0 saturated heterocycles. The van der Waals surface area contributed by atoms with Gasteiger partial charge in [0.15, 0.2) is 5.78 Å². The van der Waals surface area contributed by atoms with E-state index in [1.165, 1.54) is 6.92 Å². The predicted molar refractivity (Wildman–Crippen MR) is 38.6 cm³/mol. The molecule has 0 aliphatic heterocycles. The van der Waals surface area contributed by atoms with E-state index in [2.05, 4.69) is 0 Å². The van der Waals surface area contributed by atoms with Crippen molar-refractivity contribution in [3.05, 3.63) is 0 Å². The van der Waals surface area contributed by atoms with Crippen LogP contribution in [0.2, 0.25) is 0 Å². The van der Waals surface area contributed by atoms with Gasteiger partial charge in [0.1, 0.15) is 0 Å². The number of nitrogens with two attached hydrogens (primary N) is 1. The zero-order chi connectivity index (χ0) is 8.15. The third-order valence-electron chi connectivity index (χ3n) is 1.28. The monoisotopic (exact) mass is 143 g/mol. The molecule has 0 aromatic rings. The van der Waals surface area contributed by atoms with E-state index in [0.29, 0.717) is 6.42 Å². The lowest BCUT2D eigenvalue weighted by molar-refractivity contribution is -0.136. The lowest BCUT2D eigenvalue weighted by atomic mass is 10.1. The Morgan fingerprint density at radius 2 is 2.00 bits per heavy atom. The van der Waals surface area contributed by atoms with Crippen molar-refractivity contribution in [2.24, 2.45) is 5.73 Å². The van der Waals surface area contributed by atoms with Crippen LogP contribution in [-0.4, -0.2) is 17.6 Å². The maximum Gasteiger partial charge on any atom is 0.214 e. The van der Waals surface area contributed by atoms with Gasteiger partial charge < -0.3 is 5.73 Å². The number of ketones is 2. The molecule has 0 aromatic carbocycles. The first kappa shape index (κ1) is 9.30. The molecule has 0 saturated carbocycles. The smallest absolute Gasteiger partial charge is 0.214 e. The Labute approximate surface area is 60.6 Å². The highest BCUT2D eigenvalue weighted by atomic mass is 16.2. The van der Waals surface area contributed by atoms with Gasteiger partial charge in [0, 0.05) is 6.92 Å². The fraction of sp³-hybridized carbons (Fsp3) is 0.714. The number of carbonyl (C=O) groups is 2. The van der Waals surface area contributed by atoms with Crippen molar-refractivity contribution in [3.8, 4) is 0 Å². The van der Waals surface area contributed by atoms with E-state index in [1.54, 1.807) is 0 Å². The molecule has 0 amide bonds. The molecule has 0 bridgehead atoms. The number of hydrogen-bond acceptors (Lipinski definition) is 3. The summed E-state index contributed by atoms with van der Waals surface area (Å²) < 4.78 is 0. The van der Waals surface area contributed by atoms with Crippen molar-refractivity contribution in [2.75, 3.05) is 0 Å². The van der Waals surface area contributed by atoms with Crippen LogP contribution in [0, 0.1) is 0 Å². The van der Waals surface area contributed by atoms with Crippen molar-refractivity contribution in [1.82, 2.24) is 0 Å². The first-order valence-electron chi connectivity index (χ1n) is 3.40. The molecule has 58 valence electrons. The topological polar surface area (TPSA) is 60.2 Å². The SMILES string of the molecule is CCC[C@H](N)C(=O)C(C)=O. The standard InChI is InChI=1S/C7H13NO2/c1-3-4-6(8)7(10)5(2)9/h6H,3-4,8H2,1-2H3/t6-/m0/s1. The summed E-state index contributed by atoms with van der Waals surface area (Å²) in [6.45, 7) is 3.17. The van der Waals surface area contributed by atoms with Crippen LogP contribution in [-0.2, 0) is 9.59 Å². The molecule has 0 spiro atoms. The van der Waals surface area contributed by atoms with Gasteiger partial charge in [-0.05, 0) is 6.42 Å². The van der Waals surface area contributed by atoms with Gasteiger partial charge in [-0.2, -0.15) is 0 Å². The van der Waals surface area contributed by atoms with E-state index >= 15 is 0 Å².